The zero-order chi connectivity index (χ0) is 13.8. The fourth-order valence-corrected chi connectivity index (χ4v) is 3.38. The molecule has 6 heteroatoms. The predicted molar refractivity (Wildman–Crippen MR) is 82.7 cm³/mol. The molecule has 0 spiro atoms. The molecule has 1 aliphatic heterocycles. The lowest BCUT2D eigenvalue weighted by molar-refractivity contribution is -0.120. The van der Waals surface area contributed by atoms with E-state index in [0.717, 1.165) is 39.8 Å². The van der Waals surface area contributed by atoms with Crippen molar-refractivity contribution < 1.29 is 9.53 Å². The van der Waals surface area contributed by atoms with E-state index in [1.54, 1.807) is 7.11 Å². The molecule has 19 heavy (non-hydrogen) atoms. The Morgan fingerprint density at radius 1 is 1.37 bits per heavy atom. The maximum absolute atomic E-state index is 11.6. The first-order valence-corrected chi connectivity index (χ1v) is 7.75. The average molecular weight is 392 g/mol. The van der Waals surface area contributed by atoms with Gasteiger partial charge in [0.2, 0.25) is 5.91 Å². The molecule has 1 atom stereocenters. The van der Waals surface area contributed by atoms with Crippen molar-refractivity contribution in [3.63, 3.8) is 0 Å². The molecule has 1 aliphatic rings. The van der Waals surface area contributed by atoms with Crippen LogP contribution in [-0.4, -0.2) is 25.6 Å². The minimum Gasteiger partial charge on any atom is -0.495 e. The molecule has 0 aromatic heterocycles. The molecule has 0 radical (unpaired) electrons. The lowest BCUT2D eigenvalue weighted by Gasteiger charge is -2.19. The summed E-state index contributed by atoms with van der Waals surface area (Å²) in [6.07, 6.45) is 2.48. The second kappa shape index (κ2) is 6.61. The highest BCUT2D eigenvalue weighted by molar-refractivity contribution is 9.11. The van der Waals surface area contributed by atoms with Crippen LogP contribution in [0.3, 0.4) is 0 Å². The quantitative estimate of drug-likeness (QED) is 0.830. The molecule has 1 saturated heterocycles. The number of carbonyl (C=O) groups is 1. The number of carbonyl (C=O) groups excluding carboxylic acids is 1. The maximum atomic E-state index is 11.6. The summed E-state index contributed by atoms with van der Waals surface area (Å²) in [7, 11) is 1.64. The van der Waals surface area contributed by atoms with Gasteiger partial charge in [-0.25, -0.2) is 0 Å². The highest BCUT2D eigenvalue weighted by atomic mass is 79.9. The van der Waals surface area contributed by atoms with E-state index in [1.807, 2.05) is 12.1 Å². The van der Waals surface area contributed by atoms with E-state index in [2.05, 4.69) is 42.5 Å². The first-order chi connectivity index (χ1) is 9.10. The Hall–Kier alpha value is -0.750. The number of hydrogen-bond acceptors (Lipinski definition) is 3. The maximum Gasteiger partial charge on any atom is 0.222 e. The van der Waals surface area contributed by atoms with Gasteiger partial charge in [-0.3, -0.25) is 4.79 Å². The summed E-state index contributed by atoms with van der Waals surface area (Å²) >= 11 is 6.97. The summed E-state index contributed by atoms with van der Waals surface area (Å²) in [4.78, 5) is 11.6. The molecular formula is C13H16Br2N2O2. The third-order valence-corrected chi connectivity index (χ3v) is 4.36. The number of hydrogen-bond donors (Lipinski definition) is 2. The Morgan fingerprint density at radius 2 is 2.16 bits per heavy atom. The van der Waals surface area contributed by atoms with E-state index in [-0.39, 0.29) is 11.9 Å². The monoisotopic (exact) mass is 390 g/mol. The number of ether oxygens (including phenoxy) is 1. The molecule has 0 saturated carbocycles. The highest BCUT2D eigenvalue weighted by Gasteiger charge is 2.18. The minimum atomic E-state index is 0.107. The molecule has 1 aromatic rings. The Bertz CT molecular complexity index is 480. The van der Waals surface area contributed by atoms with Crippen molar-refractivity contribution in [3.8, 4) is 5.75 Å². The van der Waals surface area contributed by atoms with Crippen molar-refractivity contribution >= 4 is 43.5 Å². The van der Waals surface area contributed by atoms with Gasteiger partial charge in [-0.2, -0.15) is 0 Å². The summed E-state index contributed by atoms with van der Waals surface area (Å²) in [5.74, 6) is 0.874. The molecule has 1 unspecified atom stereocenters. The van der Waals surface area contributed by atoms with E-state index in [1.165, 1.54) is 0 Å². The normalized spacial score (nSPS) is 19.5. The topological polar surface area (TPSA) is 50.4 Å². The van der Waals surface area contributed by atoms with Gasteiger partial charge in [-0.15, -0.1) is 0 Å². The van der Waals surface area contributed by atoms with E-state index < -0.39 is 0 Å². The molecule has 1 heterocycles. The van der Waals surface area contributed by atoms with Crippen molar-refractivity contribution in [2.75, 3.05) is 19.0 Å². The molecular weight excluding hydrogens is 376 g/mol. The van der Waals surface area contributed by atoms with Crippen molar-refractivity contribution in [3.05, 3.63) is 21.1 Å². The third-order valence-electron chi connectivity index (χ3n) is 3.08. The largest absolute Gasteiger partial charge is 0.495 e. The van der Waals surface area contributed by atoms with Gasteiger partial charge in [-0.05, 0) is 50.8 Å². The van der Waals surface area contributed by atoms with Crippen LogP contribution in [0.2, 0.25) is 0 Å². The molecule has 0 bridgehead atoms. The number of halogens is 2. The molecule has 1 amide bonds. The van der Waals surface area contributed by atoms with Crippen molar-refractivity contribution in [2.24, 2.45) is 0 Å². The Morgan fingerprint density at radius 3 is 2.89 bits per heavy atom. The first kappa shape index (κ1) is 14.7. The van der Waals surface area contributed by atoms with E-state index in [4.69, 9.17) is 4.74 Å². The van der Waals surface area contributed by atoms with Gasteiger partial charge in [0.1, 0.15) is 5.75 Å². The fourth-order valence-electron chi connectivity index (χ4n) is 2.11. The number of rotatable bonds is 3. The Kier molecular flexibility index (Phi) is 5.10. The molecule has 1 fully saturated rings. The lowest BCUT2D eigenvalue weighted by atomic mass is 10.1. The lowest BCUT2D eigenvalue weighted by Crippen LogP contribution is -2.26. The van der Waals surface area contributed by atoms with Crippen LogP contribution in [0.4, 0.5) is 5.69 Å². The summed E-state index contributed by atoms with van der Waals surface area (Å²) in [5, 5.41) is 6.30. The van der Waals surface area contributed by atoms with E-state index in [0.29, 0.717) is 6.42 Å². The van der Waals surface area contributed by atoms with Crippen LogP contribution in [0.25, 0.3) is 0 Å². The van der Waals surface area contributed by atoms with Gasteiger partial charge >= 0.3 is 0 Å². The number of benzene rings is 1. The molecule has 104 valence electrons. The zero-order valence-electron chi connectivity index (χ0n) is 10.6. The van der Waals surface area contributed by atoms with Crippen LogP contribution in [0.5, 0.6) is 5.75 Å². The fraction of sp³-hybridized carbons (Fsp3) is 0.462. The zero-order valence-corrected chi connectivity index (χ0v) is 13.8. The molecule has 2 rings (SSSR count). The average Bonchev–Trinajstić information content (AvgIpc) is 2.57. The predicted octanol–water partition coefficient (Wildman–Crippen LogP) is 3.30. The van der Waals surface area contributed by atoms with E-state index >= 15 is 0 Å². The van der Waals surface area contributed by atoms with Gasteiger partial charge in [0.05, 0.1) is 17.3 Å². The van der Waals surface area contributed by atoms with Gasteiger partial charge in [-0.1, -0.05) is 0 Å². The molecule has 1 aromatic carbocycles. The highest BCUT2D eigenvalue weighted by Crippen LogP contribution is 2.35. The SMILES string of the molecule is COc1cc(NC2CCCNC(=O)C2)c(Br)cc1Br. The second-order valence-corrected chi connectivity index (χ2v) is 6.21. The summed E-state index contributed by atoms with van der Waals surface area (Å²) in [5.41, 5.74) is 0.944. The summed E-state index contributed by atoms with van der Waals surface area (Å²) in [6.45, 7) is 0.766. The van der Waals surface area contributed by atoms with Gasteiger partial charge in [0, 0.05) is 29.5 Å². The number of methoxy groups -OCH3 is 1. The second-order valence-electron chi connectivity index (χ2n) is 4.50. The summed E-state index contributed by atoms with van der Waals surface area (Å²) in [6, 6.07) is 4.03. The van der Waals surface area contributed by atoms with Crippen LogP contribution in [-0.2, 0) is 4.79 Å². The van der Waals surface area contributed by atoms with Crippen molar-refractivity contribution in [2.45, 2.75) is 25.3 Å². The van der Waals surface area contributed by atoms with Gasteiger partial charge in [0.25, 0.3) is 0 Å². The van der Waals surface area contributed by atoms with Crippen LogP contribution in [0.15, 0.2) is 21.1 Å². The van der Waals surface area contributed by atoms with Crippen LogP contribution in [0.1, 0.15) is 19.3 Å². The molecule has 4 nitrogen and oxygen atoms in total. The van der Waals surface area contributed by atoms with E-state index in [9.17, 15) is 4.79 Å². The van der Waals surface area contributed by atoms with Crippen LogP contribution in [0, 0.1) is 0 Å². The van der Waals surface area contributed by atoms with Crippen LogP contribution >= 0.6 is 31.9 Å². The molecule has 0 aliphatic carbocycles. The summed E-state index contributed by atoms with van der Waals surface area (Å²) < 4.78 is 7.13. The van der Waals surface area contributed by atoms with Gasteiger partial charge in [0.15, 0.2) is 0 Å². The van der Waals surface area contributed by atoms with Crippen molar-refractivity contribution in [1.82, 2.24) is 5.32 Å². The Balaban J connectivity index is 2.15. The minimum absolute atomic E-state index is 0.107. The number of amides is 1. The smallest absolute Gasteiger partial charge is 0.222 e. The molecule has 2 N–H and O–H groups in total. The number of anilines is 1. The van der Waals surface area contributed by atoms with Crippen LogP contribution < -0.4 is 15.4 Å². The standard InChI is InChI=1S/C13H16Br2N2O2/c1-19-12-7-11(9(14)6-10(12)15)17-8-3-2-4-16-13(18)5-8/h6-8,17H,2-5H2,1H3,(H,16,18). The van der Waals surface area contributed by atoms with Crippen molar-refractivity contribution in [1.29, 1.82) is 0 Å². The Labute approximate surface area is 129 Å². The first-order valence-electron chi connectivity index (χ1n) is 6.16. The number of nitrogens with one attached hydrogen (secondary N) is 2. The third kappa shape index (κ3) is 3.86. The van der Waals surface area contributed by atoms with Gasteiger partial charge < -0.3 is 15.4 Å².